The fraction of sp³-hybridized carbons (Fsp3) is 0.474. The van der Waals surface area contributed by atoms with Crippen LogP contribution in [0.4, 0.5) is 11.8 Å². The molecule has 2 N–H and O–H groups in total. The summed E-state index contributed by atoms with van der Waals surface area (Å²) in [5.74, 6) is 1.22. The van der Waals surface area contributed by atoms with E-state index in [0.29, 0.717) is 5.56 Å². The number of nitrogens with two attached hydrogens (primary N) is 1. The van der Waals surface area contributed by atoms with E-state index in [1.165, 1.54) is 11.3 Å². The minimum Gasteiger partial charge on any atom is -0.366 e. The normalized spacial score (nSPS) is 21.7. The van der Waals surface area contributed by atoms with Gasteiger partial charge in [-0.15, -0.1) is 0 Å². The molecule has 1 aliphatic heterocycles. The van der Waals surface area contributed by atoms with Gasteiger partial charge in [0.1, 0.15) is 5.82 Å². The number of hydrogen-bond acceptors (Lipinski definition) is 6. The Bertz CT molecular complexity index is 830. The lowest BCUT2D eigenvalue weighted by molar-refractivity contribution is 0.1000. The van der Waals surface area contributed by atoms with E-state index < -0.39 is 5.91 Å². The van der Waals surface area contributed by atoms with Crippen LogP contribution in [-0.4, -0.2) is 48.0 Å². The lowest BCUT2D eigenvalue weighted by atomic mass is 9.77. The summed E-state index contributed by atoms with van der Waals surface area (Å²) in [6, 6.07) is 3.64. The zero-order valence-corrected chi connectivity index (χ0v) is 15.3. The van der Waals surface area contributed by atoms with Gasteiger partial charge >= 0.3 is 0 Å². The predicted octanol–water partition coefficient (Wildman–Crippen LogP) is 1.52. The van der Waals surface area contributed by atoms with Crippen molar-refractivity contribution in [3.63, 3.8) is 0 Å². The number of rotatable bonds is 3. The van der Waals surface area contributed by atoms with E-state index in [1.807, 2.05) is 31.3 Å². The molecule has 136 valence electrons. The second-order valence-corrected chi connectivity index (χ2v) is 7.51. The molecule has 4 rings (SSSR count). The summed E-state index contributed by atoms with van der Waals surface area (Å²) in [4.78, 5) is 29.4. The van der Waals surface area contributed by atoms with Crippen LogP contribution in [0.25, 0.3) is 0 Å². The highest BCUT2D eigenvalue weighted by Gasteiger charge is 2.44. The van der Waals surface area contributed by atoms with E-state index in [0.717, 1.165) is 50.5 Å². The highest BCUT2D eigenvalue weighted by molar-refractivity contribution is 5.92. The Labute approximate surface area is 153 Å². The van der Waals surface area contributed by atoms with Crippen LogP contribution in [0.1, 0.15) is 40.9 Å². The number of aryl methyl sites for hydroxylation is 1. The average Bonchev–Trinajstić information content (AvgIpc) is 2.99. The highest BCUT2D eigenvalue weighted by Crippen LogP contribution is 2.44. The third kappa shape index (κ3) is 2.77. The first-order valence-corrected chi connectivity index (χ1v) is 9.03. The zero-order valence-electron chi connectivity index (χ0n) is 15.3. The van der Waals surface area contributed by atoms with Gasteiger partial charge in [0.2, 0.25) is 11.9 Å². The Morgan fingerprint density at radius 1 is 1.23 bits per heavy atom. The molecular formula is C19H24N6O. The molecule has 1 fully saturated rings. The third-order valence-electron chi connectivity index (χ3n) is 5.56. The molecule has 26 heavy (non-hydrogen) atoms. The smallest absolute Gasteiger partial charge is 0.250 e. The molecule has 1 atom stereocenters. The molecule has 1 unspecified atom stereocenters. The van der Waals surface area contributed by atoms with Gasteiger partial charge in [-0.05, 0) is 43.4 Å². The lowest BCUT2D eigenvalue weighted by Crippen LogP contribution is -2.46. The minimum atomic E-state index is -0.447. The maximum absolute atomic E-state index is 11.3. The van der Waals surface area contributed by atoms with E-state index in [-0.39, 0.29) is 5.41 Å². The van der Waals surface area contributed by atoms with Crippen molar-refractivity contribution in [1.29, 1.82) is 0 Å². The molecule has 0 aromatic carbocycles. The number of piperidine rings is 1. The molecule has 1 aliphatic carbocycles. The topological polar surface area (TPSA) is 88.2 Å². The molecule has 0 saturated carbocycles. The van der Waals surface area contributed by atoms with Crippen molar-refractivity contribution >= 4 is 17.7 Å². The van der Waals surface area contributed by atoms with Gasteiger partial charge in [0.15, 0.2) is 0 Å². The Hall–Kier alpha value is -2.70. The summed E-state index contributed by atoms with van der Waals surface area (Å²) in [5, 5.41) is 0. The quantitative estimate of drug-likeness (QED) is 0.901. The van der Waals surface area contributed by atoms with Gasteiger partial charge in [0.05, 0.1) is 11.3 Å². The Kier molecular flexibility index (Phi) is 4.01. The zero-order chi connectivity index (χ0) is 18.3. The first-order chi connectivity index (χ1) is 12.5. The minimum absolute atomic E-state index is 0.0608. The summed E-state index contributed by atoms with van der Waals surface area (Å²) in [7, 11) is 3.95. The number of fused-ring (bicyclic) bond motifs is 2. The molecule has 7 nitrogen and oxygen atoms in total. The number of hydrogen-bond donors (Lipinski definition) is 1. The maximum Gasteiger partial charge on any atom is 0.250 e. The predicted molar refractivity (Wildman–Crippen MR) is 101 cm³/mol. The molecule has 3 heterocycles. The van der Waals surface area contributed by atoms with Gasteiger partial charge < -0.3 is 15.5 Å². The summed E-state index contributed by atoms with van der Waals surface area (Å²) >= 11 is 0. The van der Waals surface area contributed by atoms with Crippen molar-refractivity contribution in [2.45, 2.75) is 31.1 Å². The standard InChI is InChI=1S/C19H24N6O/c1-24(2)18-22-10-13-6-8-19(16(13)23-18)7-3-9-25(12-19)15-5-4-14(11-21-15)17(20)26/h4-5,10-11H,3,6-9,12H2,1-2H3,(H2,20,26). The molecule has 2 aliphatic rings. The van der Waals surface area contributed by atoms with E-state index >= 15 is 0 Å². The van der Waals surface area contributed by atoms with Crippen LogP contribution in [0.5, 0.6) is 0 Å². The summed E-state index contributed by atoms with van der Waals surface area (Å²) in [6.45, 7) is 1.86. The molecule has 1 amide bonds. The largest absolute Gasteiger partial charge is 0.366 e. The second kappa shape index (κ2) is 6.23. The second-order valence-electron chi connectivity index (χ2n) is 7.51. The number of aromatic nitrogens is 3. The number of carbonyl (C=O) groups excluding carboxylic acids is 1. The fourth-order valence-corrected chi connectivity index (χ4v) is 4.19. The van der Waals surface area contributed by atoms with Crippen molar-refractivity contribution in [2.24, 2.45) is 5.73 Å². The fourth-order valence-electron chi connectivity index (χ4n) is 4.19. The SMILES string of the molecule is CN(C)c1ncc2c(n1)C1(CCCN(c3ccc(C(N)=O)cn3)C1)CC2. The molecule has 0 radical (unpaired) electrons. The monoisotopic (exact) mass is 352 g/mol. The number of carbonyl (C=O) groups is 1. The van der Waals surface area contributed by atoms with Crippen molar-refractivity contribution in [1.82, 2.24) is 15.0 Å². The maximum atomic E-state index is 11.3. The van der Waals surface area contributed by atoms with Crippen LogP contribution in [-0.2, 0) is 11.8 Å². The van der Waals surface area contributed by atoms with Crippen molar-refractivity contribution in [2.75, 3.05) is 37.0 Å². The van der Waals surface area contributed by atoms with Crippen LogP contribution < -0.4 is 15.5 Å². The first kappa shape index (κ1) is 16.8. The summed E-state index contributed by atoms with van der Waals surface area (Å²) in [5.41, 5.74) is 8.29. The number of pyridine rings is 1. The van der Waals surface area contributed by atoms with E-state index in [2.05, 4.69) is 14.9 Å². The number of amides is 1. The van der Waals surface area contributed by atoms with Gasteiger partial charge in [-0.2, -0.15) is 0 Å². The Balaban J connectivity index is 1.64. The van der Waals surface area contributed by atoms with Crippen LogP contribution in [0.2, 0.25) is 0 Å². The molecule has 7 heteroatoms. The van der Waals surface area contributed by atoms with Crippen LogP contribution in [0, 0.1) is 0 Å². The van der Waals surface area contributed by atoms with Gasteiger partial charge in [-0.25, -0.2) is 15.0 Å². The van der Waals surface area contributed by atoms with Crippen LogP contribution >= 0.6 is 0 Å². The molecule has 2 aromatic heterocycles. The van der Waals surface area contributed by atoms with Crippen LogP contribution in [0.15, 0.2) is 24.5 Å². The Morgan fingerprint density at radius 2 is 2.08 bits per heavy atom. The van der Waals surface area contributed by atoms with E-state index in [1.54, 1.807) is 12.3 Å². The van der Waals surface area contributed by atoms with Gasteiger partial charge in [-0.3, -0.25) is 4.79 Å². The van der Waals surface area contributed by atoms with E-state index in [9.17, 15) is 4.79 Å². The van der Waals surface area contributed by atoms with E-state index in [4.69, 9.17) is 10.7 Å². The lowest BCUT2D eigenvalue weighted by Gasteiger charge is -2.41. The van der Waals surface area contributed by atoms with Crippen LogP contribution in [0.3, 0.4) is 0 Å². The summed E-state index contributed by atoms with van der Waals surface area (Å²) in [6.07, 6.45) is 7.92. The molecular weight excluding hydrogens is 328 g/mol. The van der Waals surface area contributed by atoms with Crippen molar-refractivity contribution in [3.05, 3.63) is 41.3 Å². The molecule has 2 aromatic rings. The van der Waals surface area contributed by atoms with Crippen molar-refractivity contribution < 1.29 is 4.79 Å². The molecule has 1 spiro atoms. The number of anilines is 2. The van der Waals surface area contributed by atoms with Gasteiger partial charge in [0, 0.05) is 45.0 Å². The van der Waals surface area contributed by atoms with Crippen molar-refractivity contribution in [3.8, 4) is 0 Å². The first-order valence-electron chi connectivity index (χ1n) is 9.03. The van der Waals surface area contributed by atoms with Gasteiger partial charge in [-0.1, -0.05) is 0 Å². The third-order valence-corrected chi connectivity index (χ3v) is 5.56. The van der Waals surface area contributed by atoms with Gasteiger partial charge in [0.25, 0.3) is 0 Å². The highest BCUT2D eigenvalue weighted by atomic mass is 16.1. The number of nitrogens with zero attached hydrogens (tertiary/aromatic N) is 5. The Morgan fingerprint density at radius 3 is 2.77 bits per heavy atom. The number of primary amides is 1. The molecule has 0 bridgehead atoms. The average molecular weight is 352 g/mol. The summed E-state index contributed by atoms with van der Waals surface area (Å²) < 4.78 is 0. The molecule has 1 saturated heterocycles.